The third-order valence-electron chi connectivity index (χ3n) is 2.91. The van der Waals surface area contributed by atoms with Crippen molar-refractivity contribution >= 4 is 11.9 Å². The molecule has 0 aliphatic rings. The summed E-state index contributed by atoms with van der Waals surface area (Å²) in [5.74, 6) is -3.03. The number of carbonyl (C=O) groups is 2. The third kappa shape index (κ3) is 4.99. The van der Waals surface area contributed by atoms with Crippen LogP contribution in [0.5, 0.6) is 0 Å². The van der Waals surface area contributed by atoms with E-state index >= 15 is 0 Å². The van der Waals surface area contributed by atoms with Crippen molar-refractivity contribution in [3.8, 4) is 0 Å². The number of hydrogen-bond acceptors (Lipinski definition) is 4. The van der Waals surface area contributed by atoms with Gasteiger partial charge in [-0.15, -0.1) is 0 Å². The van der Waals surface area contributed by atoms with E-state index in [2.05, 4.69) is 4.74 Å². The second-order valence-electron chi connectivity index (χ2n) is 4.57. The lowest BCUT2D eigenvalue weighted by Crippen LogP contribution is -2.46. The molecule has 0 aliphatic heterocycles. The fourth-order valence-electron chi connectivity index (χ4n) is 1.75. The van der Waals surface area contributed by atoms with E-state index in [-0.39, 0.29) is 13.0 Å². The van der Waals surface area contributed by atoms with Gasteiger partial charge in [-0.2, -0.15) is 13.2 Å². The van der Waals surface area contributed by atoms with Crippen LogP contribution in [-0.4, -0.2) is 43.0 Å². The first-order valence-electron chi connectivity index (χ1n) is 6.13. The minimum Gasteiger partial charge on any atom is -0.480 e. The molecular weight excluding hydrogens is 281 g/mol. The summed E-state index contributed by atoms with van der Waals surface area (Å²) in [4.78, 5) is 23.3. The molecule has 5 nitrogen and oxygen atoms in total. The number of alkyl halides is 3. The van der Waals surface area contributed by atoms with E-state index < -0.39 is 42.7 Å². The Morgan fingerprint density at radius 1 is 1.25 bits per heavy atom. The second-order valence-corrected chi connectivity index (χ2v) is 4.57. The molecule has 0 saturated heterocycles. The quantitative estimate of drug-likeness (QED) is 0.423. The number of hydrogen-bond donors (Lipinski definition) is 1. The Hall–Kier alpha value is -1.31. The highest BCUT2D eigenvalue weighted by atomic mass is 19.4. The molecule has 0 heterocycles. The average Bonchev–Trinajstić information content (AvgIpc) is 2.26. The van der Waals surface area contributed by atoms with Gasteiger partial charge >= 0.3 is 18.1 Å². The summed E-state index contributed by atoms with van der Waals surface area (Å²) >= 11 is 0. The minimum absolute atomic E-state index is 0.00993. The van der Waals surface area contributed by atoms with Crippen LogP contribution in [-0.2, 0) is 19.1 Å². The van der Waals surface area contributed by atoms with Gasteiger partial charge in [0.05, 0.1) is 6.61 Å². The van der Waals surface area contributed by atoms with Crippen LogP contribution in [0.2, 0.25) is 0 Å². The summed E-state index contributed by atoms with van der Waals surface area (Å²) in [7, 11) is 0. The molecule has 20 heavy (non-hydrogen) atoms. The molecule has 0 spiro atoms. The van der Waals surface area contributed by atoms with Crippen molar-refractivity contribution in [3.05, 3.63) is 0 Å². The Balaban J connectivity index is 4.86. The first-order valence-corrected chi connectivity index (χ1v) is 6.13. The maximum absolute atomic E-state index is 11.9. The van der Waals surface area contributed by atoms with Crippen LogP contribution >= 0.6 is 0 Å². The van der Waals surface area contributed by atoms with E-state index in [4.69, 9.17) is 4.74 Å². The zero-order valence-electron chi connectivity index (χ0n) is 11.6. The number of rotatable bonds is 8. The molecule has 0 aromatic heterocycles. The van der Waals surface area contributed by atoms with E-state index in [1.807, 2.05) is 0 Å². The summed E-state index contributed by atoms with van der Waals surface area (Å²) in [5, 5.41) is 9.27. The van der Waals surface area contributed by atoms with Crippen molar-refractivity contribution in [2.45, 2.75) is 33.4 Å². The van der Waals surface area contributed by atoms with Gasteiger partial charge < -0.3 is 14.6 Å². The van der Waals surface area contributed by atoms with E-state index in [9.17, 15) is 27.9 Å². The van der Waals surface area contributed by atoms with Crippen molar-refractivity contribution in [2.75, 3.05) is 19.8 Å². The SMILES string of the molecule is CCOC(=O)C(CCOCC(F)(F)F)(C(=O)O)C(C)C. The summed E-state index contributed by atoms with van der Waals surface area (Å²) < 4.78 is 44.9. The lowest BCUT2D eigenvalue weighted by atomic mass is 9.74. The summed E-state index contributed by atoms with van der Waals surface area (Å²) in [5.41, 5.74) is -1.90. The van der Waals surface area contributed by atoms with Crippen LogP contribution in [0, 0.1) is 11.3 Å². The number of carbonyl (C=O) groups excluding carboxylic acids is 1. The molecule has 0 bridgehead atoms. The Bertz CT molecular complexity index is 340. The summed E-state index contributed by atoms with van der Waals surface area (Å²) in [6.45, 7) is 2.52. The van der Waals surface area contributed by atoms with E-state index in [1.54, 1.807) is 0 Å². The lowest BCUT2D eigenvalue weighted by molar-refractivity contribution is -0.182. The third-order valence-corrected chi connectivity index (χ3v) is 2.91. The van der Waals surface area contributed by atoms with Crippen LogP contribution in [0.25, 0.3) is 0 Å². The van der Waals surface area contributed by atoms with Gasteiger partial charge in [0, 0.05) is 6.61 Å². The van der Waals surface area contributed by atoms with Crippen LogP contribution in [0.4, 0.5) is 13.2 Å². The maximum Gasteiger partial charge on any atom is 0.411 e. The largest absolute Gasteiger partial charge is 0.480 e. The zero-order valence-corrected chi connectivity index (χ0v) is 11.6. The molecule has 0 radical (unpaired) electrons. The number of aliphatic carboxylic acids is 1. The highest BCUT2D eigenvalue weighted by Crippen LogP contribution is 2.34. The molecule has 0 aliphatic carbocycles. The van der Waals surface area contributed by atoms with Crippen molar-refractivity contribution in [3.63, 3.8) is 0 Å². The fraction of sp³-hybridized carbons (Fsp3) is 0.833. The lowest BCUT2D eigenvalue weighted by Gasteiger charge is -2.30. The van der Waals surface area contributed by atoms with Crippen LogP contribution < -0.4 is 0 Å². The molecule has 0 amide bonds. The number of esters is 1. The minimum atomic E-state index is -4.49. The number of halogens is 3. The van der Waals surface area contributed by atoms with Crippen LogP contribution in [0.3, 0.4) is 0 Å². The molecule has 1 atom stereocenters. The van der Waals surface area contributed by atoms with Crippen molar-refractivity contribution < 1.29 is 37.3 Å². The van der Waals surface area contributed by atoms with Crippen LogP contribution in [0.1, 0.15) is 27.2 Å². The molecule has 1 unspecified atom stereocenters. The predicted molar refractivity (Wildman–Crippen MR) is 63.0 cm³/mol. The van der Waals surface area contributed by atoms with Crippen molar-refractivity contribution in [1.29, 1.82) is 0 Å². The molecule has 1 N–H and O–H groups in total. The van der Waals surface area contributed by atoms with Gasteiger partial charge in [0.1, 0.15) is 6.61 Å². The Labute approximate surface area is 115 Å². The maximum atomic E-state index is 11.9. The smallest absolute Gasteiger partial charge is 0.411 e. The molecule has 0 saturated carbocycles. The van der Waals surface area contributed by atoms with Crippen molar-refractivity contribution in [1.82, 2.24) is 0 Å². The van der Waals surface area contributed by atoms with Crippen LogP contribution in [0.15, 0.2) is 0 Å². The number of carboxylic acid groups (broad SMARTS) is 1. The monoisotopic (exact) mass is 300 g/mol. The van der Waals surface area contributed by atoms with Gasteiger partial charge in [-0.3, -0.25) is 9.59 Å². The molecule has 8 heteroatoms. The number of ether oxygens (including phenoxy) is 2. The fourth-order valence-corrected chi connectivity index (χ4v) is 1.75. The molecule has 0 rings (SSSR count). The highest BCUT2D eigenvalue weighted by molar-refractivity contribution is 5.99. The predicted octanol–water partition coefficient (Wildman–Crippen LogP) is 2.25. The molecule has 0 fully saturated rings. The first kappa shape index (κ1) is 18.7. The van der Waals surface area contributed by atoms with Gasteiger partial charge in [-0.05, 0) is 19.3 Å². The second kappa shape index (κ2) is 7.47. The summed E-state index contributed by atoms with van der Waals surface area (Å²) in [6, 6.07) is 0. The van der Waals surface area contributed by atoms with E-state index in [1.165, 1.54) is 20.8 Å². The van der Waals surface area contributed by atoms with Gasteiger partial charge in [0.15, 0.2) is 5.41 Å². The zero-order chi connectivity index (χ0) is 16.0. The average molecular weight is 300 g/mol. The van der Waals surface area contributed by atoms with Gasteiger partial charge in [0.25, 0.3) is 0 Å². The van der Waals surface area contributed by atoms with E-state index in [0.717, 1.165) is 0 Å². The Morgan fingerprint density at radius 3 is 2.15 bits per heavy atom. The normalized spacial score (nSPS) is 14.9. The van der Waals surface area contributed by atoms with Crippen molar-refractivity contribution in [2.24, 2.45) is 11.3 Å². The van der Waals surface area contributed by atoms with Gasteiger partial charge in [-0.25, -0.2) is 0 Å². The molecule has 118 valence electrons. The first-order chi connectivity index (χ1) is 9.08. The topological polar surface area (TPSA) is 72.8 Å². The number of carboxylic acids is 1. The molecular formula is C12H19F3O5. The highest BCUT2D eigenvalue weighted by Gasteiger charge is 2.50. The Kier molecular flexibility index (Phi) is 6.98. The van der Waals surface area contributed by atoms with Gasteiger partial charge in [-0.1, -0.05) is 13.8 Å². The standard InChI is InChI=1S/C12H19F3O5/c1-4-20-10(18)11(8(2)3,9(16)17)5-6-19-7-12(13,14)15/h8H,4-7H2,1-3H3,(H,16,17). The molecule has 0 aromatic rings. The van der Waals surface area contributed by atoms with Gasteiger partial charge in [0.2, 0.25) is 0 Å². The van der Waals surface area contributed by atoms with E-state index in [0.29, 0.717) is 0 Å². The Morgan fingerprint density at radius 2 is 1.80 bits per heavy atom. The molecule has 0 aromatic carbocycles. The summed E-state index contributed by atoms with van der Waals surface area (Å²) in [6.07, 6.45) is -4.87.